The molecule has 3 rings (SSSR count). The highest BCUT2D eigenvalue weighted by Crippen LogP contribution is 2.35. The number of carbonyl (C=O) groups excluding carboxylic acids is 1. The van der Waals surface area contributed by atoms with Gasteiger partial charge in [0.15, 0.2) is 5.03 Å². The molecule has 0 unspecified atom stereocenters. The predicted octanol–water partition coefficient (Wildman–Crippen LogP) is 3.00. The summed E-state index contributed by atoms with van der Waals surface area (Å²) in [5, 5.41) is -1.37. The Morgan fingerprint density at radius 1 is 1.14 bits per heavy atom. The van der Waals surface area contributed by atoms with Crippen molar-refractivity contribution in [2.45, 2.75) is 17.0 Å². The molecular formula is C17H15F4N3O3S. The van der Waals surface area contributed by atoms with Crippen LogP contribution in [0.15, 0.2) is 41.6 Å². The van der Waals surface area contributed by atoms with Gasteiger partial charge in [0.25, 0.3) is 15.7 Å². The molecule has 0 saturated heterocycles. The largest absolute Gasteiger partial charge is 0.503 e. The number of hydrogen-bond donors (Lipinski definition) is 0. The molecule has 1 aliphatic rings. The van der Waals surface area contributed by atoms with Crippen LogP contribution in [0.2, 0.25) is 0 Å². The third kappa shape index (κ3) is 3.41. The molecule has 1 aromatic carbocycles. The molecule has 0 aliphatic carbocycles. The third-order valence-corrected chi connectivity index (χ3v) is 5.76. The van der Waals surface area contributed by atoms with Crippen molar-refractivity contribution in [3.63, 3.8) is 0 Å². The highest BCUT2D eigenvalue weighted by molar-refractivity contribution is 7.92. The lowest BCUT2D eigenvalue weighted by Crippen LogP contribution is -2.34. The predicted molar refractivity (Wildman–Crippen MR) is 93.4 cm³/mol. The molecule has 1 amide bonds. The van der Waals surface area contributed by atoms with Crippen molar-refractivity contribution in [2.24, 2.45) is 0 Å². The maximum absolute atomic E-state index is 13.8. The highest BCUT2D eigenvalue weighted by Gasteiger charge is 2.50. The van der Waals surface area contributed by atoms with Crippen LogP contribution in [0.1, 0.15) is 16.8 Å². The molecule has 0 fully saturated rings. The summed E-state index contributed by atoms with van der Waals surface area (Å²) in [6.45, 7) is 0.586. The number of carbonyl (C=O) groups is 1. The molecule has 0 saturated carbocycles. The summed E-state index contributed by atoms with van der Waals surface area (Å²) in [6.07, 6.45) is 1.30. The number of pyridine rings is 1. The second kappa shape index (κ2) is 7.04. The van der Waals surface area contributed by atoms with Crippen LogP contribution in [-0.2, 0) is 9.84 Å². The topological polar surface area (TPSA) is 70.6 Å². The van der Waals surface area contributed by atoms with Gasteiger partial charge in [-0.25, -0.2) is 17.8 Å². The molecule has 0 atom stereocenters. The quantitative estimate of drug-likeness (QED) is 0.703. The second-order valence-corrected chi connectivity index (χ2v) is 8.03. The molecule has 0 radical (unpaired) electrons. The van der Waals surface area contributed by atoms with Crippen LogP contribution in [0.3, 0.4) is 0 Å². The first kappa shape index (κ1) is 20.1. The van der Waals surface area contributed by atoms with Gasteiger partial charge in [0, 0.05) is 26.3 Å². The average molecular weight is 417 g/mol. The third-order valence-electron chi connectivity index (χ3n) is 4.32. The first-order valence-corrected chi connectivity index (χ1v) is 9.61. The molecule has 2 heterocycles. The number of nitrogens with zero attached hydrogens (tertiary/aromatic N) is 3. The Bertz CT molecular complexity index is 1020. The zero-order valence-corrected chi connectivity index (χ0v) is 15.4. The van der Waals surface area contributed by atoms with E-state index >= 15 is 0 Å². The number of sulfone groups is 1. The van der Waals surface area contributed by atoms with E-state index in [2.05, 4.69) is 4.98 Å². The van der Waals surface area contributed by atoms with Gasteiger partial charge in [-0.15, -0.1) is 0 Å². The van der Waals surface area contributed by atoms with Gasteiger partial charge in [-0.1, -0.05) is 0 Å². The van der Waals surface area contributed by atoms with E-state index in [-0.39, 0.29) is 12.2 Å². The summed E-state index contributed by atoms with van der Waals surface area (Å²) < 4.78 is 76.5. The number of benzene rings is 1. The molecule has 0 bridgehead atoms. The van der Waals surface area contributed by atoms with E-state index in [1.165, 1.54) is 18.2 Å². The Hall–Kier alpha value is -2.69. The first-order chi connectivity index (χ1) is 13.0. The highest BCUT2D eigenvalue weighted by atomic mass is 32.2. The lowest BCUT2D eigenvalue weighted by atomic mass is 10.2. The Morgan fingerprint density at radius 3 is 2.54 bits per heavy atom. The zero-order chi connectivity index (χ0) is 20.7. The Kier molecular flexibility index (Phi) is 5.04. The van der Waals surface area contributed by atoms with E-state index in [9.17, 15) is 30.8 Å². The van der Waals surface area contributed by atoms with Crippen LogP contribution in [-0.4, -0.2) is 45.0 Å². The lowest BCUT2D eigenvalue weighted by molar-refractivity contribution is -0.0438. The molecule has 150 valence electrons. The maximum Gasteiger partial charge on any atom is 0.503 e. The van der Waals surface area contributed by atoms with Crippen molar-refractivity contribution in [3.8, 4) is 0 Å². The fourth-order valence-corrected chi connectivity index (χ4v) is 3.84. The van der Waals surface area contributed by atoms with Crippen molar-refractivity contribution in [1.82, 2.24) is 4.98 Å². The van der Waals surface area contributed by atoms with Gasteiger partial charge in [-0.2, -0.15) is 13.2 Å². The fourth-order valence-electron chi connectivity index (χ4n) is 2.98. The summed E-state index contributed by atoms with van der Waals surface area (Å²) >= 11 is 0. The normalized spacial score (nSPS) is 15.2. The van der Waals surface area contributed by atoms with E-state index in [0.29, 0.717) is 18.7 Å². The smallest absolute Gasteiger partial charge is 0.373 e. The van der Waals surface area contributed by atoms with E-state index in [1.807, 2.05) is 0 Å². The average Bonchev–Trinajstić information content (AvgIpc) is 2.79. The summed E-state index contributed by atoms with van der Waals surface area (Å²) in [4.78, 5) is 19.2. The van der Waals surface area contributed by atoms with Gasteiger partial charge >= 0.3 is 5.51 Å². The van der Waals surface area contributed by atoms with E-state index < -0.39 is 37.7 Å². The minimum absolute atomic E-state index is 0.0695. The van der Waals surface area contributed by atoms with Gasteiger partial charge in [0.1, 0.15) is 5.82 Å². The lowest BCUT2D eigenvalue weighted by Gasteiger charge is -2.25. The SMILES string of the molecule is CN1CCCN(C(=O)c2cccnc2S(=O)(=O)C(F)(F)F)c2cc(F)ccc21. The van der Waals surface area contributed by atoms with Gasteiger partial charge < -0.3 is 9.80 Å². The number of fused-ring (bicyclic) bond motifs is 1. The standard InChI is InChI=1S/C17H15F4N3O3S/c1-23-8-3-9-24(14-10-11(18)5-6-13(14)23)16(25)12-4-2-7-22-15(12)28(26,27)17(19,20)21/h2,4-7,10H,3,8-9H2,1H3. The van der Waals surface area contributed by atoms with Crippen LogP contribution in [0.25, 0.3) is 0 Å². The van der Waals surface area contributed by atoms with Crippen LogP contribution in [0.5, 0.6) is 0 Å². The van der Waals surface area contributed by atoms with Crippen molar-refractivity contribution in [1.29, 1.82) is 0 Å². The van der Waals surface area contributed by atoms with Crippen LogP contribution in [0, 0.1) is 5.82 Å². The van der Waals surface area contributed by atoms with Crippen molar-refractivity contribution in [2.75, 3.05) is 29.9 Å². The molecule has 0 N–H and O–H groups in total. The summed E-state index contributed by atoms with van der Waals surface area (Å²) in [5.74, 6) is -1.64. The number of aromatic nitrogens is 1. The van der Waals surface area contributed by atoms with E-state index in [1.54, 1.807) is 11.9 Å². The second-order valence-electron chi connectivity index (χ2n) is 6.17. The minimum Gasteiger partial charge on any atom is -0.373 e. The number of anilines is 2. The van der Waals surface area contributed by atoms with Crippen LogP contribution < -0.4 is 9.80 Å². The number of alkyl halides is 3. The van der Waals surface area contributed by atoms with Crippen molar-refractivity contribution >= 4 is 27.1 Å². The van der Waals surface area contributed by atoms with Gasteiger partial charge in [-0.05, 0) is 36.8 Å². The van der Waals surface area contributed by atoms with Crippen LogP contribution >= 0.6 is 0 Å². The van der Waals surface area contributed by atoms with Gasteiger partial charge in [0.05, 0.1) is 16.9 Å². The van der Waals surface area contributed by atoms with E-state index in [0.717, 1.165) is 23.2 Å². The van der Waals surface area contributed by atoms with Gasteiger partial charge in [-0.3, -0.25) is 4.79 Å². The summed E-state index contributed by atoms with van der Waals surface area (Å²) in [5.41, 5.74) is -5.69. The molecular weight excluding hydrogens is 402 g/mol. The Labute approximate surface area is 158 Å². The number of rotatable bonds is 2. The van der Waals surface area contributed by atoms with Gasteiger partial charge in [0.2, 0.25) is 0 Å². The molecule has 6 nitrogen and oxygen atoms in total. The number of halogens is 4. The molecule has 2 aromatic rings. The van der Waals surface area contributed by atoms with Crippen molar-refractivity contribution < 1.29 is 30.8 Å². The summed E-state index contributed by atoms with van der Waals surface area (Å²) in [6, 6.07) is 5.86. The molecule has 11 heteroatoms. The molecule has 28 heavy (non-hydrogen) atoms. The molecule has 1 aromatic heterocycles. The number of hydrogen-bond acceptors (Lipinski definition) is 5. The Balaban J connectivity index is 2.15. The monoisotopic (exact) mass is 417 g/mol. The number of amides is 1. The molecule has 0 spiro atoms. The fraction of sp³-hybridized carbons (Fsp3) is 0.294. The Morgan fingerprint density at radius 2 is 1.86 bits per heavy atom. The maximum atomic E-state index is 13.8. The van der Waals surface area contributed by atoms with E-state index in [4.69, 9.17) is 0 Å². The minimum atomic E-state index is -5.84. The molecule has 1 aliphatic heterocycles. The van der Waals surface area contributed by atoms with Crippen LogP contribution in [0.4, 0.5) is 28.9 Å². The van der Waals surface area contributed by atoms with Crippen molar-refractivity contribution in [3.05, 3.63) is 47.9 Å². The first-order valence-electron chi connectivity index (χ1n) is 8.13. The summed E-state index contributed by atoms with van der Waals surface area (Å²) in [7, 11) is -4.11. The zero-order valence-electron chi connectivity index (χ0n) is 14.6.